The number of thioether (sulfide) groups is 1. The SMILES string of the molecule is COc1nc(N2CC3(C2)SCc2sc(N)c(C#N)c23)nc(N(CCF)C(C)c2cccnc2N)n1.FC1CC2CCCN2C1. The van der Waals surface area contributed by atoms with Gasteiger partial charge in [0.05, 0.1) is 23.5 Å². The zero-order valence-corrected chi connectivity index (χ0v) is 26.4. The molecule has 3 fully saturated rings. The Bertz CT molecular complexity index is 1530. The Hall–Kier alpha value is -3.48. The first kappa shape index (κ1) is 30.5. The third-order valence-electron chi connectivity index (χ3n) is 8.84. The number of aromatic nitrogens is 4. The molecule has 234 valence electrons. The Balaban J connectivity index is 0.000000323. The van der Waals surface area contributed by atoms with Gasteiger partial charge in [-0.25, -0.2) is 13.8 Å². The van der Waals surface area contributed by atoms with Crippen LogP contribution in [0.1, 0.15) is 53.8 Å². The molecular weight excluding hydrogens is 607 g/mol. The fourth-order valence-corrected chi connectivity index (χ4v) is 9.47. The van der Waals surface area contributed by atoms with Crippen LogP contribution in [0, 0.1) is 11.3 Å². The van der Waals surface area contributed by atoms with E-state index in [1.165, 1.54) is 31.3 Å². The van der Waals surface area contributed by atoms with E-state index in [9.17, 15) is 14.0 Å². The van der Waals surface area contributed by atoms with Crippen LogP contribution in [0.2, 0.25) is 0 Å². The fourth-order valence-electron chi connectivity index (χ4n) is 6.66. The summed E-state index contributed by atoms with van der Waals surface area (Å²) >= 11 is 3.31. The zero-order valence-electron chi connectivity index (χ0n) is 24.7. The molecule has 3 aromatic heterocycles. The Morgan fingerprint density at radius 2 is 2.11 bits per heavy atom. The third kappa shape index (κ3) is 5.59. The number of nitrogen functional groups attached to an aromatic ring is 2. The minimum absolute atomic E-state index is 0.0605. The van der Waals surface area contributed by atoms with Gasteiger partial charge in [0.2, 0.25) is 11.9 Å². The molecule has 0 aromatic carbocycles. The number of hydrogen-bond donors (Lipinski definition) is 2. The highest BCUT2D eigenvalue weighted by Gasteiger charge is 2.53. The summed E-state index contributed by atoms with van der Waals surface area (Å²) in [5.74, 6) is 1.92. The van der Waals surface area contributed by atoms with Crippen molar-refractivity contribution >= 4 is 45.8 Å². The maximum atomic E-state index is 13.6. The summed E-state index contributed by atoms with van der Waals surface area (Å²) in [5.41, 5.74) is 14.5. The second-order valence-electron chi connectivity index (χ2n) is 11.5. The lowest BCUT2D eigenvalue weighted by Gasteiger charge is -2.47. The minimum atomic E-state index is -0.601. The number of anilines is 4. The Labute approximate surface area is 263 Å². The second-order valence-corrected chi connectivity index (χ2v) is 14.0. The van der Waals surface area contributed by atoms with Gasteiger partial charge in [0.15, 0.2) is 0 Å². The van der Waals surface area contributed by atoms with E-state index in [0.717, 1.165) is 34.7 Å². The normalized spacial score (nSPS) is 22.0. The third-order valence-corrected chi connectivity index (χ3v) is 11.5. The predicted octanol–water partition coefficient (Wildman–Crippen LogP) is 4.06. The first-order chi connectivity index (χ1) is 21.3. The van der Waals surface area contributed by atoms with Gasteiger partial charge in [0.25, 0.3) is 0 Å². The lowest BCUT2D eigenvalue weighted by atomic mass is 9.88. The summed E-state index contributed by atoms with van der Waals surface area (Å²) < 4.78 is 31.3. The van der Waals surface area contributed by atoms with Gasteiger partial charge in [0, 0.05) is 60.2 Å². The van der Waals surface area contributed by atoms with Crippen molar-refractivity contribution in [2.24, 2.45) is 0 Å². The van der Waals surface area contributed by atoms with E-state index < -0.39 is 12.8 Å². The maximum absolute atomic E-state index is 13.6. The first-order valence-electron chi connectivity index (χ1n) is 14.7. The quantitative estimate of drug-likeness (QED) is 0.383. The molecular formula is C29H36F2N10OS2. The lowest BCUT2D eigenvalue weighted by molar-refractivity contribution is 0.292. The fraction of sp³-hybridized carbons (Fsp3) is 0.552. The van der Waals surface area contributed by atoms with Gasteiger partial charge in [-0.1, -0.05) is 6.07 Å². The van der Waals surface area contributed by atoms with E-state index in [2.05, 4.69) is 30.9 Å². The highest BCUT2D eigenvalue weighted by atomic mass is 32.2. The maximum Gasteiger partial charge on any atom is 0.322 e. The van der Waals surface area contributed by atoms with E-state index in [1.807, 2.05) is 29.7 Å². The van der Waals surface area contributed by atoms with E-state index in [1.54, 1.807) is 17.2 Å². The number of hydrogen-bond acceptors (Lipinski definition) is 13. The van der Waals surface area contributed by atoms with Gasteiger partial charge in [-0.05, 0) is 38.8 Å². The Kier molecular flexibility index (Phi) is 8.67. The molecule has 44 heavy (non-hydrogen) atoms. The molecule has 7 heterocycles. The summed E-state index contributed by atoms with van der Waals surface area (Å²) in [5, 5.41) is 10.2. The molecule has 3 atom stereocenters. The number of rotatable bonds is 7. The standard InChI is InChI=1S/C22H24FN9OS2.C7H12FN/c1-12(13-4-3-6-27-17(13)25)32(7-5-23)20-28-19(29-21(30-20)33-2)31-10-22(11-31)16-14(8-24)18(26)35-15(16)9-34-22;8-6-4-7-2-1-3-9(7)5-6/h3-4,6,12H,5,7,9-11,26H2,1-2H3,(H2,25,27);6-7H,1-5H2. The largest absolute Gasteiger partial charge is 0.467 e. The van der Waals surface area contributed by atoms with Gasteiger partial charge < -0.3 is 26.0 Å². The number of nitriles is 1. The molecule has 4 aliphatic heterocycles. The van der Waals surface area contributed by atoms with Crippen LogP contribution in [0.4, 0.5) is 31.5 Å². The van der Waals surface area contributed by atoms with Crippen LogP contribution in [-0.4, -0.2) is 83.6 Å². The molecule has 1 spiro atoms. The summed E-state index contributed by atoms with van der Waals surface area (Å²) in [4.78, 5) is 24.9. The Morgan fingerprint density at radius 3 is 2.82 bits per heavy atom. The Morgan fingerprint density at radius 1 is 1.30 bits per heavy atom. The molecule has 3 saturated heterocycles. The van der Waals surface area contributed by atoms with Crippen LogP contribution >= 0.6 is 23.1 Å². The number of methoxy groups -OCH3 is 1. The highest BCUT2D eigenvalue weighted by molar-refractivity contribution is 8.00. The van der Waals surface area contributed by atoms with E-state index in [-0.39, 0.29) is 23.3 Å². The monoisotopic (exact) mass is 642 g/mol. The van der Waals surface area contributed by atoms with Crippen molar-refractivity contribution < 1.29 is 13.5 Å². The molecule has 0 amide bonds. The van der Waals surface area contributed by atoms with Crippen molar-refractivity contribution in [3.8, 4) is 12.1 Å². The molecule has 4 aliphatic rings. The van der Waals surface area contributed by atoms with Crippen LogP contribution in [0.15, 0.2) is 18.3 Å². The molecule has 0 aliphatic carbocycles. The number of thiophene rings is 1. The van der Waals surface area contributed by atoms with E-state index >= 15 is 0 Å². The molecule has 7 rings (SSSR count). The lowest BCUT2D eigenvalue weighted by Crippen LogP contribution is -2.57. The van der Waals surface area contributed by atoms with Gasteiger partial charge in [-0.2, -0.15) is 20.2 Å². The van der Waals surface area contributed by atoms with E-state index in [4.69, 9.17) is 16.2 Å². The number of fused-ring (bicyclic) bond motifs is 3. The first-order valence-corrected chi connectivity index (χ1v) is 16.5. The van der Waals surface area contributed by atoms with Crippen molar-refractivity contribution in [3.63, 3.8) is 0 Å². The van der Waals surface area contributed by atoms with Crippen LogP contribution < -0.4 is 26.0 Å². The molecule has 3 unspecified atom stereocenters. The number of pyridine rings is 1. The van der Waals surface area contributed by atoms with Crippen LogP contribution in [-0.2, 0) is 10.5 Å². The van der Waals surface area contributed by atoms with Gasteiger partial charge in [-0.3, -0.25) is 4.90 Å². The van der Waals surface area contributed by atoms with Crippen molar-refractivity contribution in [2.75, 3.05) is 67.8 Å². The smallest absolute Gasteiger partial charge is 0.322 e. The molecule has 0 radical (unpaired) electrons. The minimum Gasteiger partial charge on any atom is -0.467 e. The van der Waals surface area contributed by atoms with E-state index in [0.29, 0.717) is 54.0 Å². The van der Waals surface area contributed by atoms with Crippen LogP contribution in [0.25, 0.3) is 0 Å². The summed E-state index contributed by atoms with van der Waals surface area (Å²) in [7, 11) is 1.48. The van der Waals surface area contributed by atoms with Crippen molar-refractivity contribution in [1.29, 1.82) is 5.26 Å². The van der Waals surface area contributed by atoms with Crippen LogP contribution in [0.5, 0.6) is 6.01 Å². The average Bonchev–Trinajstić information content (AvgIpc) is 3.75. The molecule has 0 bridgehead atoms. The second kappa shape index (κ2) is 12.5. The molecule has 15 heteroatoms. The highest BCUT2D eigenvalue weighted by Crippen LogP contribution is 2.57. The average molecular weight is 643 g/mol. The van der Waals surface area contributed by atoms with Crippen molar-refractivity contribution in [3.05, 3.63) is 39.9 Å². The van der Waals surface area contributed by atoms with Gasteiger partial charge in [0.1, 0.15) is 29.7 Å². The van der Waals surface area contributed by atoms with Crippen molar-refractivity contribution in [1.82, 2.24) is 24.8 Å². The molecule has 3 aromatic rings. The molecule has 0 saturated carbocycles. The topological polar surface area (TPSA) is 146 Å². The van der Waals surface area contributed by atoms with Crippen LogP contribution in [0.3, 0.4) is 0 Å². The number of ether oxygens (including phenoxy) is 1. The number of halogens is 2. The van der Waals surface area contributed by atoms with Crippen molar-refractivity contribution in [2.45, 2.75) is 54.9 Å². The molecule has 4 N–H and O–H groups in total. The van der Waals surface area contributed by atoms with Gasteiger partial charge in [-0.15, -0.1) is 23.1 Å². The summed E-state index contributed by atoms with van der Waals surface area (Å²) in [6.45, 7) is 4.46. The number of nitrogens with zero attached hydrogens (tertiary/aromatic N) is 8. The summed E-state index contributed by atoms with van der Waals surface area (Å²) in [6, 6.07) is 6.33. The summed E-state index contributed by atoms with van der Waals surface area (Å²) in [6.07, 6.45) is 4.42. The number of nitrogens with two attached hydrogens (primary N) is 2. The molecule has 11 nitrogen and oxygen atoms in total. The van der Waals surface area contributed by atoms with Gasteiger partial charge >= 0.3 is 6.01 Å². The zero-order chi connectivity index (χ0) is 31.0. The predicted molar refractivity (Wildman–Crippen MR) is 170 cm³/mol. The number of alkyl halides is 2.